The van der Waals surface area contributed by atoms with E-state index in [1.165, 1.54) is 0 Å². The highest BCUT2D eigenvalue weighted by molar-refractivity contribution is 9.10. The fourth-order valence-electron chi connectivity index (χ4n) is 2.55. The van der Waals surface area contributed by atoms with Crippen LogP contribution >= 0.6 is 15.9 Å². The Balaban J connectivity index is 2.89. The SMILES string of the molecule is CC(C)(C)OC(=O)N[C@@H](C[C@H](CO)Cc1ccc(Br)cc1)C(=O)OC(C)(C)C. The molecule has 2 N–H and O–H groups in total. The van der Waals surface area contributed by atoms with Crippen molar-refractivity contribution in [1.29, 1.82) is 0 Å². The lowest BCUT2D eigenvalue weighted by Crippen LogP contribution is -2.47. The molecule has 7 heteroatoms. The zero-order valence-corrected chi connectivity index (χ0v) is 19.1. The van der Waals surface area contributed by atoms with E-state index in [9.17, 15) is 14.7 Å². The van der Waals surface area contributed by atoms with Gasteiger partial charge in [0.15, 0.2) is 0 Å². The summed E-state index contributed by atoms with van der Waals surface area (Å²) in [5.41, 5.74) is -0.343. The molecule has 2 atom stereocenters. The van der Waals surface area contributed by atoms with E-state index < -0.39 is 29.3 Å². The molecule has 1 aromatic carbocycles. The van der Waals surface area contributed by atoms with Crippen LogP contribution < -0.4 is 5.32 Å². The average Bonchev–Trinajstić information content (AvgIpc) is 2.52. The second-order valence-electron chi connectivity index (χ2n) is 8.85. The number of benzene rings is 1. The van der Waals surface area contributed by atoms with Crippen LogP contribution in [0.5, 0.6) is 0 Å². The molecular weight excluding hydrogens is 426 g/mol. The summed E-state index contributed by atoms with van der Waals surface area (Å²) >= 11 is 3.39. The van der Waals surface area contributed by atoms with Gasteiger partial charge in [-0.15, -0.1) is 0 Å². The first-order valence-electron chi connectivity index (χ1n) is 9.37. The Morgan fingerprint density at radius 1 is 1.04 bits per heavy atom. The van der Waals surface area contributed by atoms with Gasteiger partial charge in [0, 0.05) is 11.1 Å². The minimum atomic E-state index is -0.915. The molecule has 0 aromatic heterocycles. The van der Waals surface area contributed by atoms with Gasteiger partial charge in [-0.05, 0) is 78.0 Å². The molecule has 0 aliphatic heterocycles. The summed E-state index contributed by atoms with van der Waals surface area (Å²) in [5, 5.41) is 12.4. The van der Waals surface area contributed by atoms with E-state index in [1.54, 1.807) is 41.5 Å². The van der Waals surface area contributed by atoms with Crippen LogP contribution in [-0.2, 0) is 20.7 Å². The van der Waals surface area contributed by atoms with Crippen molar-refractivity contribution in [3.8, 4) is 0 Å². The summed E-state index contributed by atoms with van der Waals surface area (Å²) in [6, 6.07) is 6.84. The third kappa shape index (κ3) is 10.1. The van der Waals surface area contributed by atoms with Gasteiger partial charge in [-0.3, -0.25) is 0 Å². The number of aliphatic hydroxyl groups excluding tert-OH is 1. The Hall–Kier alpha value is -1.60. The van der Waals surface area contributed by atoms with Gasteiger partial charge in [0.05, 0.1) is 0 Å². The molecular formula is C21H32BrNO5. The third-order valence-electron chi connectivity index (χ3n) is 3.65. The van der Waals surface area contributed by atoms with Crippen molar-refractivity contribution in [3.63, 3.8) is 0 Å². The molecule has 0 radical (unpaired) electrons. The number of carbonyl (C=O) groups excluding carboxylic acids is 2. The van der Waals surface area contributed by atoms with E-state index in [0.29, 0.717) is 6.42 Å². The molecule has 6 nitrogen and oxygen atoms in total. The number of carbonyl (C=O) groups is 2. The Bertz CT molecular complexity index is 646. The average molecular weight is 458 g/mol. The summed E-state index contributed by atoms with van der Waals surface area (Å²) in [6.45, 7) is 10.4. The van der Waals surface area contributed by atoms with Crippen LogP contribution in [-0.4, -0.2) is 41.0 Å². The first kappa shape index (κ1) is 24.4. The predicted molar refractivity (Wildman–Crippen MR) is 112 cm³/mol. The van der Waals surface area contributed by atoms with Crippen molar-refractivity contribution in [2.75, 3.05) is 6.61 Å². The van der Waals surface area contributed by atoms with Crippen LogP contribution in [0.15, 0.2) is 28.7 Å². The summed E-state index contributed by atoms with van der Waals surface area (Å²) in [4.78, 5) is 24.8. The number of hydrogen-bond acceptors (Lipinski definition) is 5. The largest absolute Gasteiger partial charge is 0.458 e. The van der Waals surface area contributed by atoms with Crippen molar-refractivity contribution in [1.82, 2.24) is 5.32 Å². The van der Waals surface area contributed by atoms with E-state index in [1.807, 2.05) is 24.3 Å². The maximum atomic E-state index is 12.6. The molecule has 0 unspecified atom stereocenters. The summed E-state index contributed by atoms with van der Waals surface area (Å²) in [5.74, 6) is -0.777. The fourth-order valence-corrected chi connectivity index (χ4v) is 2.81. The van der Waals surface area contributed by atoms with E-state index in [0.717, 1.165) is 10.0 Å². The molecule has 0 spiro atoms. The van der Waals surface area contributed by atoms with Crippen molar-refractivity contribution in [2.45, 2.75) is 71.6 Å². The topological polar surface area (TPSA) is 84.9 Å². The summed E-state index contributed by atoms with van der Waals surface area (Å²) < 4.78 is 11.7. The van der Waals surface area contributed by atoms with Crippen LogP contribution in [0.2, 0.25) is 0 Å². The van der Waals surface area contributed by atoms with Crippen molar-refractivity contribution in [2.24, 2.45) is 5.92 Å². The number of alkyl carbamates (subject to hydrolysis) is 1. The van der Waals surface area contributed by atoms with Gasteiger partial charge >= 0.3 is 12.1 Å². The first-order chi connectivity index (χ1) is 12.8. The molecule has 0 saturated carbocycles. The zero-order chi connectivity index (χ0) is 21.5. The van der Waals surface area contributed by atoms with Gasteiger partial charge in [0.1, 0.15) is 17.2 Å². The number of amides is 1. The van der Waals surface area contributed by atoms with Gasteiger partial charge in [-0.1, -0.05) is 28.1 Å². The Kier molecular flexibility index (Phi) is 8.95. The Morgan fingerprint density at radius 3 is 2.04 bits per heavy atom. The number of rotatable bonds is 7. The normalized spacial score (nSPS) is 14.1. The number of esters is 1. The lowest BCUT2D eigenvalue weighted by Gasteiger charge is -2.28. The van der Waals surface area contributed by atoms with Crippen LogP contribution in [0.3, 0.4) is 0 Å². The van der Waals surface area contributed by atoms with E-state index in [-0.39, 0.29) is 18.9 Å². The molecule has 0 aliphatic carbocycles. The number of halogens is 1. The molecule has 28 heavy (non-hydrogen) atoms. The molecule has 0 bridgehead atoms. The Labute approximate surface area is 176 Å². The van der Waals surface area contributed by atoms with Crippen LogP contribution in [0.4, 0.5) is 4.79 Å². The molecule has 0 heterocycles. The zero-order valence-electron chi connectivity index (χ0n) is 17.5. The van der Waals surface area contributed by atoms with E-state index in [2.05, 4.69) is 21.2 Å². The lowest BCUT2D eigenvalue weighted by atomic mass is 9.93. The lowest BCUT2D eigenvalue weighted by molar-refractivity contribution is -0.158. The van der Waals surface area contributed by atoms with Crippen molar-refractivity contribution < 1.29 is 24.2 Å². The highest BCUT2D eigenvalue weighted by atomic mass is 79.9. The standard InChI is InChI=1S/C21H32BrNO5/c1-20(2,3)27-18(25)17(23-19(26)28-21(4,5)6)12-15(13-24)11-14-7-9-16(22)10-8-14/h7-10,15,17,24H,11-13H2,1-6H3,(H,23,26)/t15-,17+/m1/s1. The highest BCUT2D eigenvalue weighted by Crippen LogP contribution is 2.19. The molecule has 0 saturated heterocycles. The van der Waals surface area contributed by atoms with Gasteiger partial charge in [-0.25, -0.2) is 9.59 Å². The van der Waals surface area contributed by atoms with Crippen molar-refractivity contribution >= 4 is 28.0 Å². The number of ether oxygens (including phenoxy) is 2. The third-order valence-corrected chi connectivity index (χ3v) is 4.18. The molecule has 1 amide bonds. The van der Waals surface area contributed by atoms with Crippen LogP contribution in [0.1, 0.15) is 53.5 Å². The molecule has 0 fully saturated rings. The minimum absolute atomic E-state index is 0.120. The number of nitrogens with one attached hydrogen (secondary N) is 1. The van der Waals surface area contributed by atoms with Crippen molar-refractivity contribution in [3.05, 3.63) is 34.3 Å². The van der Waals surface area contributed by atoms with Gasteiger partial charge in [0.25, 0.3) is 0 Å². The quantitative estimate of drug-likeness (QED) is 0.598. The maximum absolute atomic E-state index is 12.6. The number of aliphatic hydroxyl groups is 1. The predicted octanol–water partition coefficient (Wildman–Crippen LogP) is 4.23. The summed E-state index contributed by atoms with van der Waals surface area (Å²) in [7, 11) is 0. The molecule has 158 valence electrons. The highest BCUT2D eigenvalue weighted by Gasteiger charge is 2.30. The van der Waals surface area contributed by atoms with E-state index in [4.69, 9.17) is 9.47 Å². The second-order valence-corrected chi connectivity index (χ2v) is 9.76. The molecule has 0 aliphatic rings. The van der Waals surface area contributed by atoms with Gasteiger partial charge in [0.2, 0.25) is 0 Å². The molecule has 1 rings (SSSR count). The Morgan fingerprint density at radius 2 is 1.57 bits per heavy atom. The van der Waals surface area contributed by atoms with Crippen LogP contribution in [0, 0.1) is 5.92 Å². The van der Waals surface area contributed by atoms with Gasteiger partial charge in [-0.2, -0.15) is 0 Å². The van der Waals surface area contributed by atoms with Crippen LogP contribution in [0.25, 0.3) is 0 Å². The minimum Gasteiger partial charge on any atom is -0.458 e. The molecule has 1 aromatic rings. The number of hydrogen-bond donors (Lipinski definition) is 2. The first-order valence-corrected chi connectivity index (χ1v) is 10.2. The second kappa shape index (κ2) is 10.3. The smallest absolute Gasteiger partial charge is 0.408 e. The maximum Gasteiger partial charge on any atom is 0.408 e. The van der Waals surface area contributed by atoms with E-state index >= 15 is 0 Å². The van der Waals surface area contributed by atoms with Gasteiger partial charge < -0.3 is 19.9 Å². The fraction of sp³-hybridized carbons (Fsp3) is 0.619. The summed E-state index contributed by atoms with van der Waals surface area (Å²) in [6.07, 6.45) is 0.114. The monoisotopic (exact) mass is 457 g/mol.